The van der Waals surface area contributed by atoms with Crippen molar-refractivity contribution >= 4 is 53.3 Å². The molecule has 7 amide bonds. The van der Waals surface area contributed by atoms with Crippen molar-refractivity contribution in [3.63, 3.8) is 0 Å². The molecule has 0 heterocycles. The molecule has 19 nitrogen and oxygen atoms in total. The molecule has 79 heavy (non-hydrogen) atoms. The van der Waals surface area contributed by atoms with Crippen molar-refractivity contribution in [1.29, 1.82) is 0 Å². The molecule has 2 rings (SSSR count). The number of hydrogen-bond donors (Lipinski definition) is 3. The molecule has 0 aliphatic rings. The molecule has 0 radical (unpaired) electrons. The molecule has 442 valence electrons. The van der Waals surface area contributed by atoms with Gasteiger partial charge in [-0.15, -0.1) is 0 Å². The highest BCUT2D eigenvalue weighted by atomic mass is 16.5. The van der Waals surface area contributed by atoms with Crippen LogP contribution < -0.4 is 10.6 Å². The van der Waals surface area contributed by atoms with Crippen molar-refractivity contribution < 1.29 is 57.7 Å². The Balaban J connectivity index is 2.43. The Labute approximate surface area is 470 Å². The number of carboxylic acids is 1. The second-order valence-electron chi connectivity index (χ2n) is 23.7. The summed E-state index contributed by atoms with van der Waals surface area (Å²) in [5.41, 5.74) is 0.752. The molecular weight excluding hydrogens is 1010 g/mol. The Morgan fingerprint density at radius 3 is 1.62 bits per heavy atom. The van der Waals surface area contributed by atoms with Gasteiger partial charge in [-0.1, -0.05) is 136 Å². The van der Waals surface area contributed by atoms with Crippen LogP contribution >= 0.6 is 0 Å². The Morgan fingerprint density at radius 2 is 1.14 bits per heavy atom. The Bertz CT molecular complexity index is 2320. The average molecular weight is 1110 g/mol. The van der Waals surface area contributed by atoms with Gasteiger partial charge >= 0.3 is 12.1 Å². The van der Waals surface area contributed by atoms with E-state index in [1.807, 2.05) is 77.9 Å². The maximum atomic E-state index is 14.8. The molecule has 0 saturated heterocycles. The molecule has 3 N–H and O–H groups in total. The molecule has 0 fully saturated rings. The van der Waals surface area contributed by atoms with E-state index in [1.54, 1.807) is 72.7 Å². The fourth-order valence-electron chi connectivity index (χ4n) is 9.44. The van der Waals surface area contributed by atoms with Crippen LogP contribution in [0.25, 0.3) is 0 Å². The molecule has 1 unspecified atom stereocenters. The second kappa shape index (κ2) is 32.0. The van der Waals surface area contributed by atoms with E-state index < -0.39 is 125 Å². The van der Waals surface area contributed by atoms with Crippen molar-refractivity contribution in [3.05, 3.63) is 71.8 Å². The van der Waals surface area contributed by atoms with Crippen LogP contribution in [0.1, 0.15) is 127 Å². The van der Waals surface area contributed by atoms with Gasteiger partial charge in [-0.3, -0.25) is 33.6 Å². The number of carbonyl (C=O) groups is 9. The third-order valence-electron chi connectivity index (χ3n) is 14.2. The van der Waals surface area contributed by atoms with Crippen LogP contribution in [-0.4, -0.2) is 173 Å². The van der Waals surface area contributed by atoms with Crippen LogP contribution in [0.3, 0.4) is 0 Å². The van der Waals surface area contributed by atoms with E-state index in [-0.39, 0.29) is 50.7 Å². The maximum Gasteiger partial charge on any atom is 0.408 e. The molecule has 0 saturated carbocycles. The highest BCUT2D eigenvalue weighted by Gasteiger charge is 2.42. The van der Waals surface area contributed by atoms with Crippen LogP contribution in [-0.2, 0) is 60.9 Å². The van der Waals surface area contributed by atoms with Gasteiger partial charge in [0.15, 0.2) is 5.78 Å². The Hall–Kier alpha value is -6.37. The van der Waals surface area contributed by atoms with Crippen molar-refractivity contribution in [3.8, 4) is 0 Å². The van der Waals surface area contributed by atoms with Gasteiger partial charge < -0.3 is 49.7 Å². The maximum absolute atomic E-state index is 14.8. The molecule has 2 aromatic carbocycles. The number of likely N-dealkylation sites (N-methyl/N-ethyl adjacent to an activating group) is 5. The summed E-state index contributed by atoms with van der Waals surface area (Å²) < 4.78 is 11.6. The number of Topliss-reactive ketones (excluding diaryl/α,β-unsaturated/α-hetero) is 1. The van der Waals surface area contributed by atoms with Crippen LogP contribution in [0.2, 0.25) is 0 Å². The second-order valence-corrected chi connectivity index (χ2v) is 23.7. The van der Waals surface area contributed by atoms with E-state index in [9.17, 15) is 48.3 Å². The topological polar surface area (TPSA) is 233 Å². The molecule has 0 aromatic heterocycles. The minimum Gasteiger partial charge on any atom is -0.480 e. The monoisotopic (exact) mass is 1110 g/mol. The lowest BCUT2D eigenvalue weighted by atomic mass is 9.88. The molecule has 8 atom stereocenters. The van der Waals surface area contributed by atoms with Crippen LogP contribution in [0.4, 0.5) is 4.79 Å². The lowest BCUT2D eigenvalue weighted by Gasteiger charge is -2.37. The SMILES string of the molecule is CCC(C)[C@@H](C(=O)C[C@@H](COC(C)(C)C)C(=O)N(C)[C@@H](Cc1ccccc1)C(=O)N(C)[C@H](C(=O)O)C(C)C)N(C)C(=O)CN(C)C(=O)[C@@H](NC(=O)[C@H](CC(C)C)N(C)C(=O)[C@H](CC(C)C)NC(=O)OCc1ccccc1)C(C)C. The third-order valence-corrected chi connectivity index (χ3v) is 14.2. The third kappa shape index (κ3) is 21.7. The van der Waals surface area contributed by atoms with Crippen molar-refractivity contribution in [2.45, 2.75) is 171 Å². The first-order valence-electron chi connectivity index (χ1n) is 27.8. The number of nitrogens with one attached hydrogen (secondary N) is 2. The molecule has 0 aliphatic heterocycles. The number of rotatable bonds is 31. The van der Waals surface area contributed by atoms with Crippen LogP contribution in [0, 0.1) is 35.5 Å². The zero-order valence-electron chi connectivity index (χ0n) is 50.5. The summed E-state index contributed by atoms with van der Waals surface area (Å²) in [6.45, 7) is 22.9. The van der Waals surface area contributed by atoms with E-state index in [0.29, 0.717) is 6.42 Å². The summed E-state index contributed by atoms with van der Waals surface area (Å²) in [6.07, 6.45) is -0.162. The predicted octanol–water partition coefficient (Wildman–Crippen LogP) is 6.70. The highest BCUT2D eigenvalue weighted by molar-refractivity contribution is 5.97. The number of carboxylic acid groups (broad SMARTS) is 1. The van der Waals surface area contributed by atoms with E-state index in [2.05, 4.69) is 10.6 Å². The predicted molar refractivity (Wildman–Crippen MR) is 304 cm³/mol. The van der Waals surface area contributed by atoms with Crippen LogP contribution in [0.5, 0.6) is 0 Å². The smallest absolute Gasteiger partial charge is 0.408 e. The number of benzene rings is 2. The standard InChI is InChI=1S/C60H95N7O12/c1-19-41(10)52(48(68)33-44(36-79-60(11,12)13)54(71)65(16)47(32-42-26-22-20-23-27-42)56(73)67(18)51(40(8)9)58(75)76)66(17)49(69)34-63(14)57(74)50(39(6)7)62-53(70)46(31-38(4)5)64(15)55(72)45(30-37(2)3)61-59(77)78-35-43-28-24-21-25-29-43/h20-29,37-41,44-47,50-52H,19,30-36H2,1-18H3,(H,61,77)(H,62,70)(H,75,76)/t41?,44-,45-,46-,47-,50-,51-,52-/m0/s1. The minimum atomic E-state index is -1.19. The first-order chi connectivity index (χ1) is 36.7. The largest absolute Gasteiger partial charge is 0.480 e. The lowest BCUT2D eigenvalue weighted by molar-refractivity contribution is -0.156. The molecule has 0 bridgehead atoms. The lowest BCUT2D eigenvalue weighted by Crippen LogP contribution is -2.59. The van der Waals surface area contributed by atoms with Gasteiger partial charge in [0.05, 0.1) is 30.7 Å². The number of carbonyl (C=O) groups excluding carboxylic acids is 8. The fourth-order valence-corrected chi connectivity index (χ4v) is 9.44. The summed E-state index contributed by atoms with van der Waals surface area (Å²) >= 11 is 0. The zero-order valence-corrected chi connectivity index (χ0v) is 50.5. The zero-order chi connectivity index (χ0) is 60.2. The van der Waals surface area contributed by atoms with Gasteiger partial charge in [0.2, 0.25) is 35.4 Å². The fraction of sp³-hybridized carbons (Fsp3) is 0.650. The normalized spacial score (nSPS) is 14.7. The Kier molecular flexibility index (Phi) is 27.9. The quantitative estimate of drug-likeness (QED) is 0.0716. The highest BCUT2D eigenvalue weighted by Crippen LogP contribution is 2.25. The van der Waals surface area contributed by atoms with Gasteiger partial charge in [0, 0.05) is 48.1 Å². The summed E-state index contributed by atoms with van der Waals surface area (Å²) in [7, 11) is 7.25. The van der Waals surface area contributed by atoms with Gasteiger partial charge in [-0.25, -0.2) is 9.59 Å². The molecular formula is C60H95N7O12. The molecule has 19 heteroatoms. The van der Waals surface area contributed by atoms with E-state index in [1.165, 1.54) is 54.8 Å². The van der Waals surface area contributed by atoms with Gasteiger partial charge in [0.25, 0.3) is 0 Å². The van der Waals surface area contributed by atoms with Gasteiger partial charge in [0.1, 0.15) is 36.8 Å². The summed E-state index contributed by atoms with van der Waals surface area (Å²) in [4.78, 5) is 133. The molecule has 0 aliphatic carbocycles. The summed E-state index contributed by atoms with van der Waals surface area (Å²) in [5, 5.41) is 15.7. The minimum absolute atomic E-state index is 0.00476. The molecule has 2 aromatic rings. The first-order valence-corrected chi connectivity index (χ1v) is 27.8. The number of nitrogens with zero attached hydrogens (tertiary/aromatic N) is 5. The van der Waals surface area contributed by atoms with Crippen LogP contribution in [0.15, 0.2) is 60.7 Å². The van der Waals surface area contributed by atoms with Gasteiger partial charge in [-0.05, 0) is 74.3 Å². The number of alkyl carbamates (subject to hydrolysis) is 1. The number of ether oxygens (including phenoxy) is 2. The molecule has 0 spiro atoms. The number of aliphatic carboxylic acids is 1. The number of amides is 7. The van der Waals surface area contributed by atoms with Crippen molar-refractivity contribution in [2.24, 2.45) is 35.5 Å². The van der Waals surface area contributed by atoms with Crippen molar-refractivity contribution in [1.82, 2.24) is 35.1 Å². The average Bonchev–Trinajstić information content (AvgIpc) is 3.37. The number of ketones is 1. The van der Waals surface area contributed by atoms with Gasteiger partial charge in [-0.2, -0.15) is 0 Å². The Morgan fingerprint density at radius 1 is 0.608 bits per heavy atom. The van der Waals surface area contributed by atoms with Crippen molar-refractivity contribution in [2.75, 3.05) is 48.4 Å². The summed E-state index contributed by atoms with van der Waals surface area (Å²) in [6, 6.07) is 11.5. The van der Waals surface area contributed by atoms with E-state index in [4.69, 9.17) is 9.47 Å². The first kappa shape index (κ1) is 68.7. The summed E-state index contributed by atoms with van der Waals surface area (Å²) in [5.74, 6) is -7.67. The van der Waals surface area contributed by atoms with E-state index in [0.717, 1.165) is 16.0 Å². The number of hydrogen-bond acceptors (Lipinski definition) is 11. The van der Waals surface area contributed by atoms with E-state index >= 15 is 0 Å².